The molecule has 0 aromatic carbocycles. The Hall–Kier alpha value is -1.06. The number of nitrogens with one attached hydrogen (secondary N) is 1. The molecule has 1 heterocycles. The molecule has 0 spiro atoms. The molecule has 0 saturated carbocycles. The van der Waals surface area contributed by atoms with Crippen LogP contribution in [0, 0.1) is 5.92 Å². The molecular weight excluding hydrogens is 180 g/mol. The fourth-order valence-corrected chi connectivity index (χ4v) is 1.91. The second-order valence-electron chi connectivity index (χ2n) is 4.04. The van der Waals surface area contributed by atoms with Gasteiger partial charge in [-0.15, -0.1) is 0 Å². The first-order valence-corrected chi connectivity index (χ1v) is 5.03. The molecule has 4 nitrogen and oxygen atoms in total. The maximum Gasteiger partial charge on any atom is 0.219 e. The lowest BCUT2D eigenvalue weighted by atomic mass is 9.94. The van der Waals surface area contributed by atoms with Crippen molar-refractivity contribution >= 4 is 11.8 Å². The van der Waals surface area contributed by atoms with E-state index >= 15 is 0 Å². The topological polar surface area (TPSA) is 49.4 Å². The van der Waals surface area contributed by atoms with Crippen LogP contribution >= 0.6 is 0 Å². The third-order valence-corrected chi connectivity index (χ3v) is 2.74. The van der Waals surface area contributed by atoms with E-state index < -0.39 is 0 Å². The van der Waals surface area contributed by atoms with Gasteiger partial charge in [-0.25, -0.2) is 0 Å². The summed E-state index contributed by atoms with van der Waals surface area (Å²) in [7, 11) is 0. The Kier molecular flexibility index (Phi) is 3.49. The van der Waals surface area contributed by atoms with Crippen molar-refractivity contribution in [1.29, 1.82) is 0 Å². The summed E-state index contributed by atoms with van der Waals surface area (Å²) in [5.74, 6) is 0.479. The standard InChI is InChI=1S/C10H18N2O2/c1-7-6-12(9(3)14)5-4-10(7)11-8(2)13/h7,10H,4-6H2,1-3H3,(H,11,13)/t7-,10+/m1/s1. The minimum Gasteiger partial charge on any atom is -0.353 e. The van der Waals surface area contributed by atoms with Crippen molar-refractivity contribution in [3.05, 3.63) is 0 Å². The van der Waals surface area contributed by atoms with E-state index in [4.69, 9.17) is 0 Å². The van der Waals surface area contributed by atoms with Crippen molar-refractivity contribution in [2.75, 3.05) is 13.1 Å². The molecule has 1 N–H and O–H groups in total. The van der Waals surface area contributed by atoms with E-state index in [0.29, 0.717) is 5.92 Å². The number of hydrogen-bond acceptors (Lipinski definition) is 2. The van der Waals surface area contributed by atoms with E-state index in [2.05, 4.69) is 12.2 Å². The molecule has 1 aliphatic rings. The highest BCUT2D eigenvalue weighted by Gasteiger charge is 2.27. The third kappa shape index (κ3) is 2.72. The van der Waals surface area contributed by atoms with Crippen LogP contribution in [-0.4, -0.2) is 35.8 Å². The largest absolute Gasteiger partial charge is 0.353 e. The minimum absolute atomic E-state index is 0.0122. The van der Waals surface area contributed by atoms with E-state index in [0.717, 1.165) is 19.5 Å². The fourth-order valence-electron chi connectivity index (χ4n) is 1.91. The molecule has 0 unspecified atom stereocenters. The van der Waals surface area contributed by atoms with Crippen molar-refractivity contribution in [3.8, 4) is 0 Å². The van der Waals surface area contributed by atoms with Crippen LogP contribution in [0.4, 0.5) is 0 Å². The molecule has 1 aliphatic heterocycles. The van der Waals surface area contributed by atoms with Crippen molar-refractivity contribution in [1.82, 2.24) is 10.2 Å². The quantitative estimate of drug-likeness (QED) is 0.662. The summed E-state index contributed by atoms with van der Waals surface area (Å²) in [6.45, 7) is 6.69. The van der Waals surface area contributed by atoms with Crippen LogP contribution in [0.1, 0.15) is 27.2 Å². The first-order valence-electron chi connectivity index (χ1n) is 5.03. The number of carbonyl (C=O) groups excluding carboxylic acids is 2. The Balaban J connectivity index is 2.47. The Bertz CT molecular complexity index is 240. The molecule has 4 heteroatoms. The third-order valence-electron chi connectivity index (χ3n) is 2.74. The number of amides is 2. The van der Waals surface area contributed by atoms with Crippen LogP contribution < -0.4 is 5.32 Å². The minimum atomic E-state index is 0.0122. The van der Waals surface area contributed by atoms with Crippen molar-refractivity contribution in [2.24, 2.45) is 5.92 Å². The Morgan fingerprint density at radius 3 is 2.43 bits per heavy atom. The molecule has 2 atom stereocenters. The van der Waals surface area contributed by atoms with E-state index in [-0.39, 0.29) is 17.9 Å². The molecule has 0 radical (unpaired) electrons. The lowest BCUT2D eigenvalue weighted by Gasteiger charge is -2.36. The maximum absolute atomic E-state index is 11.1. The molecule has 0 aliphatic carbocycles. The van der Waals surface area contributed by atoms with Gasteiger partial charge < -0.3 is 10.2 Å². The van der Waals surface area contributed by atoms with Crippen molar-refractivity contribution in [3.63, 3.8) is 0 Å². The van der Waals surface area contributed by atoms with Gasteiger partial charge in [-0.05, 0) is 12.3 Å². The zero-order valence-corrected chi connectivity index (χ0v) is 9.04. The predicted octanol–water partition coefficient (Wildman–Crippen LogP) is 0.379. The number of likely N-dealkylation sites (tertiary alicyclic amines) is 1. The predicted molar refractivity (Wildman–Crippen MR) is 53.6 cm³/mol. The Morgan fingerprint density at radius 1 is 1.36 bits per heavy atom. The number of rotatable bonds is 1. The Morgan fingerprint density at radius 2 is 2.00 bits per heavy atom. The van der Waals surface area contributed by atoms with Crippen LogP contribution in [-0.2, 0) is 9.59 Å². The molecule has 0 aromatic heterocycles. The van der Waals surface area contributed by atoms with E-state index in [1.807, 2.05) is 4.90 Å². The van der Waals surface area contributed by atoms with Gasteiger partial charge in [0.1, 0.15) is 0 Å². The van der Waals surface area contributed by atoms with Crippen LogP contribution in [0.2, 0.25) is 0 Å². The highest BCUT2D eigenvalue weighted by Crippen LogP contribution is 2.16. The van der Waals surface area contributed by atoms with Crippen LogP contribution in [0.25, 0.3) is 0 Å². The maximum atomic E-state index is 11.1. The zero-order chi connectivity index (χ0) is 10.7. The molecule has 2 amide bonds. The molecule has 80 valence electrons. The average Bonchev–Trinajstić information content (AvgIpc) is 2.07. The van der Waals surface area contributed by atoms with Gasteiger partial charge in [0.05, 0.1) is 0 Å². The SMILES string of the molecule is CC(=O)N[C@H]1CCN(C(C)=O)C[C@H]1C. The number of piperidine rings is 1. The molecule has 1 rings (SSSR count). The molecule has 0 aromatic rings. The van der Waals surface area contributed by atoms with Gasteiger partial charge in [0.25, 0.3) is 0 Å². The second kappa shape index (κ2) is 4.44. The van der Waals surface area contributed by atoms with Crippen molar-refractivity contribution in [2.45, 2.75) is 33.2 Å². The summed E-state index contributed by atoms with van der Waals surface area (Å²) in [6.07, 6.45) is 0.861. The summed E-state index contributed by atoms with van der Waals surface area (Å²) >= 11 is 0. The summed E-state index contributed by atoms with van der Waals surface area (Å²) in [4.78, 5) is 23.8. The number of carbonyl (C=O) groups is 2. The van der Waals surface area contributed by atoms with Gasteiger partial charge in [0.15, 0.2) is 0 Å². The van der Waals surface area contributed by atoms with Gasteiger partial charge in [0.2, 0.25) is 11.8 Å². The van der Waals surface area contributed by atoms with E-state index in [1.165, 1.54) is 6.92 Å². The first kappa shape index (κ1) is 11.0. The normalized spacial score (nSPS) is 27.2. The zero-order valence-electron chi connectivity index (χ0n) is 9.04. The van der Waals surface area contributed by atoms with Gasteiger partial charge in [-0.3, -0.25) is 9.59 Å². The smallest absolute Gasteiger partial charge is 0.219 e. The van der Waals surface area contributed by atoms with Crippen LogP contribution in [0.5, 0.6) is 0 Å². The molecule has 14 heavy (non-hydrogen) atoms. The Labute approximate surface area is 84.7 Å². The second-order valence-corrected chi connectivity index (χ2v) is 4.04. The molecular formula is C10H18N2O2. The summed E-state index contributed by atoms with van der Waals surface area (Å²) in [5.41, 5.74) is 0. The van der Waals surface area contributed by atoms with E-state index in [1.54, 1.807) is 6.92 Å². The molecule has 1 saturated heterocycles. The number of nitrogens with zero attached hydrogens (tertiary/aromatic N) is 1. The van der Waals surface area contributed by atoms with Gasteiger partial charge in [-0.1, -0.05) is 6.92 Å². The lowest BCUT2D eigenvalue weighted by molar-refractivity contribution is -0.131. The van der Waals surface area contributed by atoms with Crippen LogP contribution in [0.15, 0.2) is 0 Å². The van der Waals surface area contributed by atoms with Crippen molar-refractivity contribution < 1.29 is 9.59 Å². The molecule has 0 bridgehead atoms. The van der Waals surface area contributed by atoms with Gasteiger partial charge >= 0.3 is 0 Å². The summed E-state index contributed by atoms with van der Waals surface area (Å²) < 4.78 is 0. The van der Waals surface area contributed by atoms with Gasteiger partial charge in [-0.2, -0.15) is 0 Å². The number of hydrogen-bond donors (Lipinski definition) is 1. The lowest BCUT2D eigenvalue weighted by Crippen LogP contribution is -2.50. The van der Waals surface area contributed by atoms with E-state index in [9.17, 15) is 9.59 Å². The van der Waals surface area contributed by atoms with Gasteiger partial charge in [0, 0.05) is 33.0 Å². The summed E-state index contributed by atoms with van der Waals surface area (Å²) in [5, 5.41) is 2.91. The average molecular weight is 198 g/mol. The highest BCUT2D eigenvalue weighted by atomic mass is 16.2. The highest BCUT2D eigenvalue weighted by molar-refractivity contribution is 5.74. The molecule has 1 fully saturated rings. The summed E-state index contributed by atoms with van der Waals surface area (Å²) in [6, 6.07) is 0.225. The fraction of sp³-hybridized carbons (Fsp3) is 0.800. The van der Waals surface area contributed by atoms with Crippen LogP contribution in [0.3, 0.4) is 0 Å². The monoisotopic (exact) mass is 198 g/mol. The first-order chi connectivity index (χ1) is 6.50.